The Morgan fingerprint density at radius 2 is 1.97 bits per heavy atom. The normalized spacial score (nSPS) is 10.8. The van der Waals surface area contributed by atoms with E-state index >= 15 is 0 Å². The van der Waals surface area contributed by atoms with Gasteiger partial charge in [0.15, 0.2) is 11.4 Å². The van der Waals surface area contributed by atoms with Gasteiger partial charge in [0.1, 0.15) is 11.9 Å². The van der Waals surface area contributed by atoms with Gasteiger partial charge in [-0.2, -0.15) is 5.26 Å². The SMILES string of the molecule is COc1cc(Nc2cc(C)c(C#N)c3nc4ccccc4n23)c(C)cc1[N+](=O)[O-]. The number of aryl methyl sites for hydroxylation is 2. The third-order valence-electron chi connectivity index (χ3n) is 4.87. The lowest BCUT2D eigenvalue weighted by molar-refractivity contribution is -0.385. The molecule has 0 atom stereocenters. The Labute approximate surface area is 166 Å². The summed E-state index contributed by atoms with van der Waals surface area (Å²) in [6.07, 6.45) is 0. The Kier molecular flexibility index (Phi) is 4.28. The van der Waals surface area contributed by atoms with Gasteiger partial charge in [0.2, 0.25) is 0 Å². The first-order valence-corrected chi connectivity index (χ1v) is 8.85. The fraction of sp³-hybridized carbons (Fsp3) is 0.143. The number of hydrogen-bond acceptors (Lipinski definition) is 6. The lowest BCUT2D eigenvalue weighted by Gasteiger charge is -2.15. The first-order chi connectivity index (χ1) is 13.9. The molecule has 0 radical (unpaired) electrons. The summed E-state index contributed by atoms with van der Waals surface area (Å²) >= 11 is 0. The molecule has 0 aliphatic carbocycles. The summed E-state index contributed by atoms with van der Waals surface area (Å²) in [5, 5.41) is 24.2. The molecule has 2 heterocycles. The number of aromatic nitrogens is 2. The van der Waals surface area contributed by atoms with Crippen molar-refractivity contribution >= 4 is 33.9 Å². The third kappa shape index (κ3) is 2.89. The van der Waals surface area contributed by atoms with E-state index in [1.165, 1.54) is 13.2 Å². The Bertz CT molecular complexity index is 1330. The lowest BCUT2D eigenvalue weighted by Crippen LogP contribution is -2.04. The van der Waals surface area contributed by atoms with Crippen LogP contribution in [-0.4, -0.2) is 21.4 Å². The molecule has 2 aromatic carbocycles. The van der Waals surface area contributed by atoms with Gasteiger partial charge in [0, 0.05) is 17.8 Å². The molecule has 0 aliphatic heterocycles. The van der Waals surface area contributed by atoms with Gasteiger partial charge in [-0.25, -0.2) is 4.98 Å². The van der Waals surface area contributed by atoms with E-state index in [0.29, 0.717) is 28.3 Å². The highest BCUT2D eigenvalue weighted by molar-refractivity contribution is 5.86. The molecule has 0 amide bonds. The van der Waals surface area contributed by atoms with Gasteiger partial charge in [0.05, 0.1) is 28.6 Å². The Balaban J connectivity index is 1.96. The number of nitrogens with one attached hydrogen (secondary N) is 1. The summed E-state index contributed by atoms with van der Waals surface area (Å²) in [4.78, 5) is 15.4. The maximum atomic E-state index is 11.3. The van der Waals surface area contributed by atoms with Crippen LogP contribution in [0.15, 0.2) is 42.5 Å². The van der Waals surface area contributed by atoms with E-state index in [0.717, 1.165) is 16.6 Å². The lowest BCUT2D eigenvalue weighted by atomic mass is 10.1. The molecule has 144 valence electrons. The van der Waals surface area contributed by atoms with E-state index in [4.69, 9.17) is 4.74 Å². The second kappa shape index (κ2) is 6.80. The molecular formula is C21H17N5O3. The third-order valence-corrected chi connectivity index (χ3v) is 4.87. The number of nitro groups is 1. The second-order valence-electron chi connectivity index (χ2n) is 6.68. The number of nitrogens with zero attached hydrogens (tertiary/aromatic N) is 4. The Hall–Kier alpha value is -4.12. The van der Waals surface area contributed by atoms with Crippen LogP contribution in [0.2, 0.25) is 0 Å². The number of nitriles is 1. The van der Waals surface area contributed by atoms with Crippen molar-refractivity contribution in [2.45, 2.75) is 13.8 Å². The number of para-hydroxylation sites is 2. The number of hydrogen-bond donors (Lipinski definition) is 1. The zero-order valence-corrected chi connectivity index (χ0v) is 16.1. The molecule has 0 saturated carbocycles. The summed E-state index contributed by atoms with van der Waals surface area (Å²) in [6.45, 7) is 3.64. The standard InChI is InChI=1S/C21H17N5O3/c1-12-9-20(23-16-10-19(29-3)18(26(27)28)8-13(16)2)25-17-7-5-4-6-15(17)24-21(25)14(12)11-22/h4-10,23H,1-3H3. The largest absolute Gasteiger partial charge is 0.490 e. The van der Waals surface area contributed by atoms with Crippen molar-refractivity contribution in [1.82, 2.24) is 9.38 Å². The topological polar surface area (TPSA) is 105 Å². The van der Waals surface area contributed by atoms with E-state index < -0.39 is 4.92 Å². The number of imidazole rings is 1. The first-order valence-electron chi connectivity index (χ1n) is 8.85. The van der Waals surface area contributed by atoms with E-state index in [1.54, 1.807) is 13.0 Å². The molecule has 8 nitrogen and oxygen atoms in total. The number of benzene rings is 2. The van der Waals surface area contributed by atoms with Gasteiger partial charge in [-0.1, -0.05) is 12.1 Å². The van der Waals surface area contributed by atoms with Crippen molar-refractivity contribution in [3.8, 4) is 11.8 Å². The zero-order chi connectivity index (χ0) is 20.7. The highest BCUT2D eigenvalue weighted by Crippen LogP contribution is 2.35. The van der Waals surface area contributed by atoms with E-state index in [9.17, 15) is 15.4 Å². The number of ether oxygens (including phenoxy) is 1. The van der Waals surface area contributed by atoms with Crippen molar-refractivity contribution in [3.05, 3.63) is 69.3 Å². The zero-order valence-electron chi connectivity index (χ0n) is 16.1. The molecule has 0 aliphatic rings. The summed E-state index contributed by atoms with van der Waals surface area (Å²) in [5.41, 5.74) is 4.73. The molecule has 0 saturated heterocycles. The van der Waals surface area contributed by atoms with Crippen LogP contribution in [0.1, 0.15) is 16.7 Å². The second-order valence-corrected chi connectivity index (χ2v) is 6.68. The van der Waals surface area contributed by atoms with Crippen molar-refractivity contribution in [2.24, 2.45) is 0 Å². The monoisotopic (exact) mass is 387 g/mol. The minimum absolute atomic E-state index is 0.0928. The molecular weight excluding hydrogens is 370 g/mol. The quantitative estimate of drug-likeness (QED) is 0.404. The number of fused-ring (bicyclic) bond motifs is 3. The van der Waals surface area contributed by atoms with Crippen molar-refractivity contribution in [1.29, 1.82) is 5.26 Å². The molecule has 0 fully saturated rings. The molecule has 8 heteroatoms. The van der Waals surface area contributed by atoms with Gasteiger partial charge in [-0.05, 0) is 43.2 Å². The predicted molar refractivity (Wildman–Crippen MR) is 110 cm³/mol. The Morgan fingerprint density at radius 3 is 2.66 bits per heavy atom. The van der Waals surface area contributed by atoms with Crippen molar-refractivity contribution in [2.75, 3.05) is 12.4 Å². The van der Waals surface area contributed by atoms with E-state index in [2.05, 4.69) is 16.4 Å². The number of anilines is 2. The molecule has 0 bridgehead atoms. The molecule has 2 aromatic heterocycles. The van der Waals surface area contributed by atoms with E-state index in [1.807, 2.05) is 41.7 Å². The van der Waals surface area contributed by atoms with Gasteiger partial charge in [0.25, 0.3) is 0 Å². The van der Waals surface area contributed by atoms with E-state index in [-0.39, 0.29) is 11.4 Å². The van der Waals surface area contributed by atoms with Crippen LogP contribution < -0.4 is 10.1 Å². The number of nitro benzene ring substituents is 1. The van der Waals surface area contributed by atoms with Crippen LogP contribution >= 0.6 is 0 Å². The fourth-order valence-corrected chi connectivity index (χ4v) is 3.44. The number of pyridine rings is 1. The van der Waals surface area contributed by atoms with Crippen molar-refractivity contribution < 1.29 is 9.66 Å². The van der Waals surface area contributed by atoms with Gasteiger partial charge in [-0.3, -0.25) is 14.5 Å². The van der Waals surface area contributed by atoms with Crippen LogP contribution in [-0.2, 0) is 0 Å². The highest BCUT2D eigenvalue weighted by atomic mass is 16.6. The maximum absolute atomic E-state index is 11.3. The smallest absolute Gasteiger partial charge is 0.311 e. The minimum Gasteiger partial charge on any atom is -0.490 e. The molecule has 0 unspecified atom stereocenters. The first kappa shape index (κ1) is 18.3. The highest BCUT2D eigenvalue weighted by Gasteiger charge is 2.19. The molecule has 4 aromatic rings. The fourth-order valence-electron chi connectivity index (χ4n) is 3.44. The van der Waals surface area contributed by atoms with Crippen LogP contribution in [0.5, 0.6) is 5.75 Å². The van der Waals surface area contributed by atoms with Crippen molar-refractivity contribution in [3.63, 3.8) is 0 Å². The Morgan fingerprint density at radius 1 is 1.21 bits per heavy atom. The summed E-state index contributed by atoms with van der Waals surface area (Å²) in [5.74, 6) is 0.865. The average molecular weight is 387 g/mol. The van der Waals surface area contributed by atoms with Gasteiger partial charge in [-0.15, -0.1) is 0 Å². The summed E-state index contributed by atoms with van der Waals surface area (Å²) in [7, 11) is 1.40. The maximum Gasteiger partial charge on any atom is 0.311 e. The van der Waals surface area contributed by atoms with Crippen LogP contribution in [0.4, 0.5) is 17.2 Å². The molecule has 0 spiro atoms. The average Bonchev–Trinajstić information content (AvgIpc) is 3.08. The number of methoxy groups -OCH3 is 1. The molecule has 4 rings (SSSR count). The summed E-state index contributed by atoms with van der Waals surface area (Å²) < 4.78 is 7.08. The predicted octanol–water partition coefficient (Wildman–Crippen LogP) is 4.64. The van der Waals surface area contributed by atoms with Crippen LogP contribution in [0.25, 0.3) is 16.7 Å². The van der Waals surface area contributed by atoms with Gasteiger partial charge >= 0.3 is 5.69 Å². The molecule has 1 N–H and O–H groups in total. The molecule has 29 heavy (non-hydrogen) atoms. The van der Waals surface area contributed by atoms with Crippen LogP contribution in [0.3, 0.4) is 0 Å². The van der Waals surface area contributed by atoms with Gasteiger partial charge < -0.3 is 10.1 Å². The summed E-state index contributed by atoms with van der Waals surface area (Å²) in [6, 6.07) is 14.8. The van der Waals surface area contributed by atoms with Crippen LogP contribution in [0, 0.1) is 35.3 Å². The number of rotatable bonds is 4. The minimum atomic E-state index is -0.469.